The molecule has 2 heterocycles. The highest BCUT2D eigenvalue weighted by molar-refractivity contribution is 6.39. The number of nitriles is 1. The molecule has 0 radical (unpaired) electrons. The smallest absolute Gasteiger partial charge is 0.223 e. The van der Waals surface area contributed by atoms with Crippen LogP contribution in [0.15, 0.2) is 53.7 Å². The number of para-hydroxylation sites is 1. The molecule has 0 bridgehead atoms. The molecule has 12 heteroatoms. The second-order valence-corrected chi connectivity index (χ2v) is 12.0. The Morgan fingerprint density at radius 2 is 1.81 bits per heavy atom. The second-order valence-electron chi connectivity index (χ2n) is 11.2. The van der Waals surface area contributed by atoms with Gasteiger partial charge in [0.1, 0.15) is 5.69 Å². The summed E-state index contributed by atoms with van der Waals surface area (Å²) in [5, 5.41) is 16.3. The molecule has 2 fully saturated rings. The van der Waals surface area contributed by atoms with E-state index in [0.717, 1.165) is 57.3 Å². The van der Waals surface area contributed by atoms with Crippen molar-refractivity contribution in [3.63, 3.8) is 0 Å². The van der Waals surface area contributed by atoms with Gasteiger partial charge in [-0.15, -0.1) is 0 Å². The molecule has 1 atom stereocenters. The fourth-order valence-electron chi connectivity index (χ4n) is 5.85. The summed E-state index contributed by atoms with van der Waals surface area (Å²) >= 11 is 12.6. The van der Waals surface area contributed by atoms with E-state index in [1.165, 1.54) is 17.8 Å². The number of aliphatic imine (C=N–C) groups is 1. The number of hydrogen-bond acceptors (Lipinski definition) is 7. The topological polar surface area (TPSA) is 158 Å². The van der Waals surface area contributed by atoms with Crippen LogP contribution >= 0.6 is 23.2 Å². The Morgan fingerprint density at radius 1 is 1.09 bits per heavy atom. The first-order valence-electron chi connectivity index (χ1n) is 14.5. The predicted octanol–water partition coefficient (Wildman–Crippen LogP) is 5.63. The lowest BCUT2D eigenvalue weighted by atomic mass is 9.79. The first-order valence-corrected chi connectivity index (χ1v) is 15.3. The average Bonchev–Trinajstić information content (AvgIpc) is 3.01. The number of amides is 1. The van der Waals surface area contributed by atoms with E-state index in [2.05, 4.69) is 49.8 Å². The van der Waals surface area contributed by atoms with E-state index in [9.17, 15) is 4.79 Å². The van der Waals surface area contributed by atoms with Crippen molar-refractivity contribution in [1.29, 1.82) is 5.26 Å². The summed E-state index contributed by atoms with van der Waals surface area (Å²) in [6, 6.07) is 15.6. The Hall–Kier alpha value is -4.07. The number of nitrogens with zero attached hydrogens (tertiary/aromatic N) is 5. The number of anilines is 3. The number of guanidine groups is 1. The number of primary amides is 1. The van der Waals surface area contributed by atoms with Crippen molar-refractivity contribution >= 4 is 58.1 Å². The maximum Gasteiger partial charge on any atom is 0.223 e. The van der Waals surface area contributed by atoms with Gasteiger partial charge in [-0.1, -0.05) is 41.4 Å². The fourth-order valence-corrected chi connectivity index (χ4v) is 6.42. The molecule has 5 rings (SSSR count). The van der Waals surface area contributed by atoms with Crippen LogP contribution in [0, 0.1) is 23.2 Å². The Morgan fingerprint density at radius 3 is 2.49 bits per heavy atom. The van der Waals surface area contributed by atoms with Gasteiger partial charge in [0.25, 0.3) is 0 Å². The van der Waals surface area contributed by atoms with Crippen molar-refractivity contribution in [3.05, 3.63) is 70.0 Å². The fraction of sp³-hybridized carbons (Fsp3) is 0.387. The summed E-state index contributed by atoms with van der Waals surface area (Å²) in [6.07, 6.45) is 7.79. The average molecular weight is 621 g/mol. The number of piperidine rings is 1. The summed E-state index contributed by atoms with van der Waals surface area (Å²) in [6.45, 7) is 1.86. The molecule has 1 aliphatic heterocycles. The van der Waals surface area contributed by atoms with E-state index in [0.29, 0.717) is 29.5 Å². The van der Waals surface area contributed by atoms with E-state index in [-0.39, 0.29) is 39.6 Å². The van der Waals surface area contributed by atoms with Crippen molar-refractivity contribution < 1.29 is 4.79 Å². The standard InChI is InChI=1S/C31H35Cl2N9O/c32-24-13-20(16-34)14-25(33)28(24)41-30(36)39-27-17-37-31(40-26(27)15-19-8-10-21(11-9-19)29(35)43)38-22-5-4-12-42(18-22)23-6-2-1-3-7-23/h1-3,6-7,13-14,17,19,21-22H,4-5,8-12,15,18H2,(H2,35,43)(H3,36,39,41)(H,37,38,40)/t19?,21?,22-/m1/s1. The first kappa shape index (κ1) is 30.4. The van der Waals surface area contributed by atoms with E-state index in [1.807, 2.05) is 12.1 Å². The number of halogens is 2. The van der Waals surface area contributed by atoms with E-state index >= 15 is 0 Å². The van der Waals surface area contributed by atoms with Crippen LogP contribution in [0.1, 0.15) is 49.8 Å². The van der Waals surface area contributed by atoms with Crippen LogP contribution in [0.2, 0.25) is 10.0 Å². The molecule has 224 valence electrons. The van der Waals surface area contributed by atoms with Gasteiger partial charge in [0, 0.05) is 30.7 Å². The highest BCUT2D eigenvalue weighted by Crippen LogP contribution is 2.35. The Bertz CT molecular complexity index is 1490. The van der Waals surface area contributed by atoms with Crippen LogP contribution in [-0.4, -0.2) is 41.0 Å². The van der Waals surface area contributed by atoms with Crippen molar-refractivity contribution in [3.8, 4) is 6.07 Å². The number of benzene rings is 2. The maximum absolute atomic E-state index is 11.7. The Kier molecular flexibility index (Phi) is 9.85. The molecule has 1 saturated carbocycles. The van der Waals surface area contributed by atoms with Crippen molar-refractivity contribution in [2.24, 2.45) is 28.3 Å². The lowest BCUT2D eigenvalue weighted by molar-refractivity contribution is -0.122. The second kappa shape index (κ2) is 13.9. The van der Waals surface area contributed by atoms with E-state index in [4.69, 9.17) is 44.9 Å². The van der Waals surface area contributed by atoms with Crippen molar-refractivity contribution in [2.45, 2.75) is 51.0 Å². The van der Waals surface area contributed by atoms with Gasteiger partial charge >= 0.3 is 0 Å². The lowest BCUT2D eigenvalue weighted by Crippen LogP contribution is -2.42. The van der Waals surface area contributed by atoms with Gasteiger partial charge in [0.05, 0.1) is 39.3 Å². The minimum atomic E-state index is -0.226. The summed E-state index contributed by atoms with van der Waals surface area (Å²) in [7, 11) is 0. The molecule has 6 N–H and O–H groups in total. The number of nitrogens with one attached hydrogen (secondary N) is 2. The molecule has 0 unspecified atom stereocenters. The summed E-state index contributed by atoms with van der Waals surface area (Å²) in [4.78, 5) is 28.0. The number of hydrogen-bond donors (Lipinski definition) is 4. The quantitative estimate of drug-likeness (QED) is 0.186. The van der Waals surface area contributed by atoms with Crippen LogP contribution in [-0.2, 0) is 11.2 Å². The van der Waals surface area contributed by atoms with Crippen molar-refractivity contribution in [2.75, 3.05) is 28.6 Å². The molecule has 1 amide bonds. The summed E-state index contributed by atoms with van der Waals surface area (Å²) < 4.78 is 0. The Balaban J connectivity index is 1.35. The molecule has 1 saturated heterocycles. The number of carbonyl (C=O) groups is 1. The molecular weight excluding hydrogens is 585 g/mol. The van der Waals surface area contributed by atoms with Gasteiger partial charge in [-0.05, 0) is 75.1 Å². The molecule has 43 heavy (non-hydrogen) atoms. The van der Waals surface area contributed by atoms with Gasteiger partial charge in [0.2, 0.25) is 11.9 Å². The van der Waals surface area contributed by atoms with E-state index in [1.54, 1.807) is 6.20 Å². The molecule has 10 nitrogen and oxygen atoms in total. The third-order valence-electron chi connectivity index (χ3n) is 8.12. The van der Waals surface area contributed by atoms with Crippen LogP contribution in [0.4, 0.5) is 23.0 Å². The monoisotopic (exact) mass is 619 g/mol. The number of aromatic nitrogens is 2. The molecule has 2 aliphatic rings. The normalized spacial score (nSPS) is 20.7. The highest BCUT2D eigenvalue weighted by atomic mass is 35.5. The van der Waals surface area contributed by atoms with Gasteiger partial charge in [0.15, 0.2) is 5.96 Å². The molecule has 0 spiro atoms. The van der Waals surface area contributed by atoms with Crippen LogP contribution in [0.5, 0.6) is 0 Å². The van der Waals surface area contributed by atoms with Gasteiger partial charge in [-0.2, -0.15) is 5.26 Å². The predicted molar refractivity (Wildman–Crippen MR) is 172 cm³/mol. The summed E-state index contributed by atoms with van der Waals surface area (Å²) in [5.41, 5.74) is 15.1. The van der Waals surface area contributed by atoms with Gasteiger partial charge in [-0.3, -0.25) is 4.79 Å². The van der Waals surface area contributed by atoms with Crippen LogP contribution in [0.25, 0.3) is 0 Å². The first-order chi connectivity index (χ1) is 20.8. The maximum atomic E-state index is 11.7. The number of nitrogens with two attached hydrogens (primary N) is 2. The third kappa shape index (κ3) is 7.86. The Labute approximate surface area is 261 Å². The SMILES string of the molecule is N#Cc1cc(Cl)c(N=C(N)Nc2cnc(N[C@@H]3CCCN(c4ccccc4)C3)nc2CC2CCC(C(N)=O)CC2)c(Cl)c1. The largest absolute Gasteiger partial charge is 0.369 e. The highest BCUT2D eigenvalue weighted by Gasteiger charge is 2.27. The van der Waals surface area contributed by atoms with Gasteiger partial charge in [-0.25, -0.2) is 15.0 Å². The van der Waals surface area contributed by atoms with Crippen LogP contribution in [0.3, 0.4) is 0 Å². The summed E-state index contributed by atoms with van der Waals surface area (Å²) in [5.74, 6) is 0.653. The molecule has 3 aromatic rings. The van der Waals surface area contributed by atoms with Gasteiger partial charge < -0.3 is 27.0 Å². The van der Waals surface area contributed by atoms with E-state index < -0.39 is 0 Å². The zero-order chi connectivity index (χ0) is 30.3. The minimum absolute atomic E-state index is 0.0577. The molecule has 1 aromatic heterocycles. The molecule has 1 aliphatic carbocycles. The number of rotatable bonds is 8. The minimum Gasteiger partial charge on any atom is -0.369 e. The van der Waals surface area contributed by atoms with Crippen LogP contribution < -0.4 is 27.0 Å². The molecular formula is C31H35Cl2N9O. The zero-order valence-electron chi connectivity index (χ0n) is 23.8. The number of carbonyl (C=O) groups excluding carboxylic acids is 1. The lowest BCUT2D eigenvalue weighted by Gasteiger charge is -2.35. The van der Waals surface area contributed by atoms with Crippen molar-refractivity contribution in [1.82, 2.24) is 9.97 Å². The zero-order valence-corrected chi connectivity index (χ0v) is 25.3. The molecule has 2 aromatic carbocycles. The third-order valence-corrected chi connectivity index (χ3v) is 8.69.